The molecule has 30 heavy (non-hydrogen) atoms. The number of carbonyl (C=O) groups is 1. The SMILES string of the molecule is CCOC(=O)C1(CCOc2ccccc2)CCN(Cc2cc(CC(C)C)n[nH]2)CC1. The van der Waals surface area contributed by atoms with Crippen LogP contribution in [0.25, 0.3) is 0 Å². The van der Waals surface area contributed by atoms with Crippen LogP contribution in [0.2, 0.25) is 0 Å². The van der Waals surface area contributed by atoms with Crippen molar-refractivity contribution in [3.8, 4) is 5.75 Å². The number of esters is 1. The van der Waals surface area contributed by atoms with E-state index in [4.69, 9.17) is 9.47 Å². The summed E-state index contributed by atoms with van der Waals surface area (Å²) >= 11 is 0. The molecular formula is C24H35N3O3. The van der Waals surface area contributed by atoms with E-state index in [9.17, 15) is 4.79 Å². The summed E-state index contributed by atoms with van der Waals surface area (Å²) in [5.41, 5.74) is 1.80. The second-order valence-electron chi connectivity index (χ2n) is 8.67. The Kier molecular flexibility index (Phi) is 7.91. The van der Waals surface area contributed by atoms with Crippen molar-refractivity contribution in [2.45, 2.75) is 53.0 Å². The molecule has 164 valence electrons. The van der Waals surface area contributed by atoms with Crippen molar-refractivity contribution in [1.29, 1.82) is 0 Å². The summed E-state index contributed by atoms with van der Waals surface area (Å²) in [4.78, 5) is 15.2. The van der Waals surface area contributed by atoms with Crippen molar-refractivity contribution in [2.24, 2.45) is 11.3 Å². The number of hydrogen-bond acceptors (Lipinski definition) is 5. The quantitative estimate of drug-likeness (QED) is 0.591. The zero-order chi connectivity index (χ0) is 21.4. The molecule has 1 aliphatic heterocycles. The number of H-pyrrole nitrogens is 1. The Labute approximate surface area is 180 Å². The first kappa shape index (κ1) is 22.3. The number of aromatic nitrogens is 2. The Bertz CT molecular complexity index is 780. The van der Waals surface area contributed by atoms with Crippen molar-refractivity contribution >= 4 is 5.97 Å². The van der Waals surface area contributed by atoms with Gasteiger partial charge >= 0.3 is 5.97 Å². The van der Waals surface area contributed by atoms with Gasteiger partial charge in [0.1, 0.15) is 5.75 Å². The van der Waals surface area contributed by atoms with Crippen molar-refractivity contribution in [3.63, 3.8) is 0 Å². The Balaban J connectivity index is 1.55. The highest BCUT2D eigenvalue weighted by Crippen LogP contribution is 2.37. The van der Waals surface area contributed by atoms with Crippen LogP contribution >= 0.6 is 0 Å². The summed E-state index contributed by atoms with van der Waals surface area (Å²) in [6, 6.07) is 11.9. The minimum absolute atomic E-state index is 0.0814. The average molecular weight is 414 g/mol. The van der Waals surface area contributed by atoms with Crippen LogP contribution in [0.3, 0.4) is 0 Å². The molecule has 0 amide bonds. The minimum Gasteiger partial charge on any atom is -0.494 e. The van der Waals surface area contributed by atoms with Crippen LogP contribution in [0.4, 0.5) is 0 Å². The smallest absolute Gasteiger partial charge is 0.312 e. The molecule has 0 atom stereocenters. The molecule has 1 aromatic carbocycles. The van der Waals surface area contributed by atoms with E-state index in [-0.39, 0.29) is 5.97 Å². The Morgan fingerprint density at radius 2 is 1.97 bits per heavy atom. The number of para-hydroxylation sites is 1. The normalized spacial score (nSPS) is 16.5. The molecule has 1 aromatic heterocycles. The summed E-state index contributed by atoms with van der Waals surface area (Å²) in [5.74, 6) is 1.35. The number of nitrogens with zero attached hydrogens (tertiary/aromatic N) is 2. The lowest BCUT2D eigenvalue weighted by atomic mass is 9.75. The lowest BCUT2D eigenvalue weighted by Crippen LogP contribution is -2.45. The lowest BCUT2D eigenvalue weighted by molar-refractivity contribution is -0.159. The monoisotopic (exact) mass is 413 g/mol. The van der Waals surface area contributed by atoms with E-state index in [1.807, 2.05) is 37.3 Å². The first-order valence-electron chi connectivity index (χ1n) is 11.1. The van der Waals surface area contributed by atoms with Gasteiger partial charge in [0, 0.05) is 12.2 Å². The number of nitrogens with one attached hydrogen (secondary N) is 1. The molecule has 0 spiro atoms. The highest BCUT2D eigenvalue weighted by atomic mass is 16.5. The van der Waals surface area contributed by atoms with Crippen molar-refractivity contribution in [1.82, 2.24) is 15.1 Å². The summed E-state index contributed by atoms with van der Waals surface area (Å²) in [6.07, 6.45) is 3.25. The number of rotatable bonds is 10. The maximum Gasteiger partial charge on any atom is 0.312 e. The Morgan fingerprint density at radius 1 is 1.23 bits per heavy atom. The standard InChI is InChI=1S/C24H35N3O3/c1-4-29-23(28)24(12-15-30-22-8-6-5-7-9-22)10-13-27(14-11-24)18-21-17-20(25-26-21)16-19(2)3/h5-9,17,19H,4,10-16,18H2,1-3H3,(H,25,26). The number of piperidine rings is 1. The lowest BCUT2D eigenvalue weighted by Gasteiger charge is -2.39. The van der Waals surface area contributed by atoms with Crippen molar-refractivity contribution < 1.29 is 14.3 Å². The number of hydrogen-bond donors (Lipinski definition) is 1. The van der Waals surface area contributed by atoms with Crippen LogP contribution in [0, 0.1) is 11.3 Å². The van der Waals surface area contributed by atoms with Gasteiger partial charge < -0.3 is 9.47 Å². The van der Waals surface area contributed by atoms with Crippen LogP contribution in [0.5, 0.6) is 5.75 Å². The van der Waals surface area contributed by atoms with E-state index in [0.29, 0.717) is 25.6 Å². The third kappa shape index (κ3) is 6.08. The van der Waals surface area contributed by atoms with E-state index < -0.39 is 5.41 Å². The van der Waals surface area contributed by atoms with Gasteiger partial charge in [-0.1, -0.05) is 32.0 Å². The first-order chi connectivity index (χ1) is 14.5. The van der Waals surface area contributed by atoms with Crippen LogP contribution in [0.1, 0.15) is 51.4 Å². The molecule has 0 unspecified atom stereocenters. The van der Waals surface area contributed by atoms with Crippen LogP contribution in [-0.4, -0.2) is 47.4 Å². The van der Waals surface area contributed by atoms with E-state index in [1.54, 1.807) is 0 Å². The van der Waals surface area contributed by atoms with E-state index >= 15 is 0 Å². The molecule has 0 aliphatic carbocycles. The van der Waals surface area contributed by atoms with Crippen LogP contribution < -0.4 is 4.74 Å². The van der Waals surface area contributed by atoms with Gasteiger partial charge in [-0.3, -0.25) is 14.8 Å². The van der Waals surface area contributed by atoms with E-state index in [1.165, 1.54) is 0 Å². The predicted molar refractivity (Wildman–Crippen MR) is 117 cm³/mol. The van der Waals surface area contributed by atoms with Gasteiger partial charge in [0.15, 0.2) is 0 Å². The number of likely N-dealkylation sites (tertiary alicyclic amines) is 1. The molecule has 1 fully saturated rings. The molecule has 2 aromatic rings. The first-order valence-corrected chi connectivity index (χ1v) is 11.1. The highest BCUT2D eigenvalue weighted by Gasteiger charge is 2.42. The molecule has 1 aliphatic rings. The molecule has 6 heteroatoms. The highest BCUT2D eigenvalue weighted by molar-refractivity contribution is 5.77. The second kappa shape index (κ2) is 10.6. The van der Waals surface area contributed by atoms with Gasteiger partial charge in [0.2, 0.25) is 0 Å². The third-order valence-electron chi connectivity index (χ3n) is 5.81. The van der Waals surface area contributed by atoms with Crippen molar-refractivity contribution in [3.05, 3.63) is 47.8 Å². The maximum atomic E-state index is 12.8. The van der Waals surface area contributed by atoms with E-state index in [0.717, 1.165) is 56.0 Å². The van der Waals surface area contributed by atoms with Gasteiger partial charge in [0.05, 0.1) is 24.3 Å². The molecule has 1 N–H and O–H groups in total. The Hall–Kier alpha value is -2.34. The summed E-state index contributed by atoms with van der Waals surface area (Å²) in [7, 11) is 0. The van der Waals surface area contributed by atoms with Gasteiger partial charge in [0.25, 0.3) is 0 Å². The number of carbonyl (C=O) groups excluding carboxylic acids is 1. The summed E-state index contributed by atoms with van der Waals surface area (Å²) in [6.45, 7) is 9.77. The molecule has 3 rings (SSSR count). The average Bonchev–Trinajstić information content (AvgIpc) is 3.16. The van der Waals surface area contributed by atoms with Gasteiger partial charge in [-0.2, -0.15) is 5.10 Å². The molecule has 0 radical (unpaired) electrons. The largest absolute Gasteiger partial charge is 0.494 e. The van der Waals surface area contributed by atoms with Crippen LogP contribution in [-0.2, 0) is 22.5 Å². The summed E-state index contributed by atoms with van der Waals surface area (Å²) < 4.78 is 11.3. The third-order valence-corrected chi connectivity index (χ3v) is 5.81. The fourth-order valence-corrected chi connectivity index (χ4v) is 4.11. The van der Waals surface area contributed by atoms with Gasteiger partial charge in [-0.15, -0.1) is 0 Å². The predicted octanol–water partition coefficient (Wildman–Crippen LogP) is 4.22. The fraction of sp³-hybridized carbons (Fsp3) is 0.583. The van der Waals surface area contributed by atoms with Gasteiger partial charge in [-0.05, 0) is 69.8 Å². The second-order valence-corrected chi connectivity index (χ2v) is 8.67. The molecule has 6 nitrogen and oxygen atoms in total. The van der Waals surface area contributed by atoms with Crippen LogP contribution in [0.15, 0.2) is 36.4 Å². The molecule has 0 saturated carbocycles. The van der Waals surface area contributed by atoms with Crippen molar-refractivity contribution in [2.75, 3.05) is 26.3 Å². The Morgan fingerprint density at radius 3 is 2.63 bits per heavy atom. The molecule has 0 bridgehead atoms. The van der Waals surface area contributed by atoms with Gasteiger partial charge in [-0.25, -0.2) is 0 Å². The summed E-state index contributed by atoms with van der Waals surface area (Å²) in [5, 5.41) is 7.60. The number of ether oxygens (including phenoxy) is 2. The van der Waals surface area contributed by atoms with E-state index in [2.05, 4.69) is 35.0 Å². The molecule has 2 heterocycles. The fourth-order valence-electron chi connectivity index (χ4n) is 4.11. The molecular weight excluding hydrogens is 378 g/mol. The maximum absolute atomic E-state index is 12.8. The topological polar surface area (TPSA) is 67.5 Å². The zero-order valence-corrected chi connectivity index (χ0v) is 18.5. The molecule has 1 saturated heterocycles. The number of aromatic amines is 1. The number of benzene rings is 1. The zero-order valence-electron chi connectivity index (χ0n) is 18.5. The minimum atomic E-state index is -0.460.